The van der Waals surface area contributed by atoms with Crippen LogP contribution in [0.3, 0.4) is 0 Å². The largest absolute Gasteiger partial charge is 0.379 e. The van der Waals surface area contributed by atoms with E-state index in [0.29, 0.717) is 23.6 Å². The van der Waals surface area contributed by atoms with Gasteiger partial charge in [-0.1, -0.05) is 0 Å². The molecule has 1 amide bonds. The third kappa shape index (κ3) is 4.30. The lowest BCUT2D eigenvalue weighted by Crippen LogP contribution is -2.38. The molecule has 0 aliphatic carbocycles. The van der Waals surface area contributed by atoms with Crippen molar-refractivity contribution in [2.45, 2.75) is 6.42 Å². The van der Waals surface area contributed by atoms with Gasteiger partial charge in [0.15, 0.2) is 0 Å². The van der Waals surface area contributed by atoms with Gasteiger partial charge in [0.2, 0.25) is 5.82 Å². The molecule has 2 aromatic rings. The van der Waals surface area contributed by atoms with E-state index in [0.717, 1.165) is 39.3 Å². The highest BCUT2D eigenvalue weighted by molar-refractivity contribution is 5.93. The minimum absolute atomic E-state index is 0.197. The topological polar surface area (TPSA) is 109 Å². The molecule has 3 rings (SSSR count). The number of ether oxygens (including phenoxy) is 1. The Bertz CT molecular complexity index is 626. The first-order valence-corrected chi connectivity index (χ1v) is 7.61. The fraction of sp³-hybridized carbons (Fsp3) is 0.500. The SMILES string of the molecule is O=C(NCCCN1CCOCC1)c1cc(-c2nn[nH]n2)ccn1. The monoisotopic (exact) mass is 317 g/mol. The number of carbonyl (C=O) groups excluding carboxylic acids is 1. The molecule has 122 valence electrons. The van der Waals surface area contributed by atoms with Gasteiger partial charge in [-0.3, -0.25) is 14.7 Å². The van der Waals surface area contributed by atoms with E-state index in [1.54, 1.807) is 18.3 Å². The van der Waals surface area contributed by atoms with Gasteiger partial charge in [0.05, 0.1) is 13.2 Å². The standard InChI is InChI=1S/C14H19N7O2/c22-14(16-3-1-5-21-6-8-23-9-7-21)12-10-11(2-4-15-12)13-17-19-20-18-13/h2,4,10H,1,3,5-9H2,(H,16,22)(H,17,18,19,20). The minimum atomic E-state index is -0.197. The van der Waals surface area contributed by atoms with Crippen LogP contribution in [0.25, 0.3) is 11.4 Å². The van der Waals surface area contributed by atoms with E-state index in [-0.39, 0.29) is 5.91 Å². The maximum absolute atomic E-state index is 12.1. The molecule has 0 atom stereocenters. The van der Waals surface area contributed by atoms with Crippen molar-refractivity contribution in [1.82, 2.24) is 35.8 Å². The van der Waals surface area contributed by atoms with Crippen molar-refractivity contribution >= 4 is 5.91 Å². The summed E-state index contributed by atoms with van der Waals surface area (Å²) in [5, 5.41) is 16.6. The number of carbonyl (C=O) groups is 1. The van der Waals surface area contributed by atoms with Gasteiger partial charge >= 0.3 is 0 Å². The summed E-state index contributed by atoms with van der Waals surface area (Å²) in [6.45, 7) is 5.08. The summed E-state index contributed by atoms with van der Waals surface area (Å²) in [6.07, 6.45) is 2.46. The molecular weight excluding hydrogens is 298 g/mol. The Morgan fingerprint density at radius 2 is 2.26 bits per heavy atom. The van der Waals surface area contributed by atoms with Gasteiger partial charge in [0, 0.05) is 31.4 Å². The highest BCUT2D eigenvalue weighted by atomic mass is 16.5. The van der Waals surface area contributed by atoms with E-state index in [9.17, 15) is 4.79 Å². The molecule has 1 saturated heterocycles. The number of H-pyrrole nitrogens is 1. The summed E-state index contributed by atoms with van der Waals surface area (Å²) in [4.78, 5) is 18.6. The van der Waals surface area contributed by atoms with Crippen LogP contribution in [0.15, 0.2) is 18.3 Å². The molecule has 1 aliphatic rings. The summed E-state index contributed by atoms with van der Waals surface area (Å²) < 4.78 is 5.31. The molecule has 0 saturated carbocycles. The predicted octanol–water partition coefficient (Wildman–Crippen LogP) is -0.286. The Morgan fingerprint density at radius 1 is 1.39 bits per heavy atom. The molecule has 1 fully saturated rings. The summed E-state index contributed by atoms with van der Waals surface area (Å²) in [5.74, 6) is 0.242. The molecule has 0 spiro atoms. The van der Waals surface area contributed by atoms with Gasteiger partial charge in [-0.25, -0.2) is 0 Å². The number of hydrogen-bond acceptors (Lipinski definition) is 7. The number of nitrogens with zero attached hydrogens (tertiary/aromatic N) is 5. The van der Waals surface area contributed by atoms with Crippen LogP contribution in [0, 0.1) is 0 Å². The molecule has 9 nitrogen and oxygen atoms in total. The summed E-state index contributed by atoms with van der Waals surface area (Å²) in [6, 6.07) is 3.39. The normalized spacial score (nSPS) is 15.5. The zero-order chi connectivity index (χ0) is 15.9. The molecule has 1 aliphatic heterocycles. The second-order valence-electron chi connectivity index (χ2n) is 5.23. The molecule has 2 aromatic heterocycles. The van der Waals surface area contributed by atoms with Gasteiger partial charge < -0.3 is 10.1 Å². The fourth-order valence-electron chi connectivity index (χ4n) is 2.40. The quantitative estimate of drug-likeness (QED) is 0.705. The van der Waals surface area contributed by atoms with E-state index in [2.05, 4.69) is 35.8 Å². The van der Waals surface area contributed by atoms with E-state index in [4.69, 9.17) is 4.74 Å². The number of rotatable bonds is 6. The highest BCUT2D eigenvalue weighted by Gasteiger charge is 2.12. The van der Waals surface area contributed by atoms with E-state index in [1.165, 1.54) is 0 Å². The van der Waals surface area contributed by atoms with E-state index < -0.39 is 0 Å². The molecule has 3 heterocycles. The van der Waals surface area contributed by atoms with Gasteiger partial charge in [0.25, 0.3) is 5.91 Å². The molecule has 0 bridgehead atoms. The Balaban J connectivity index is 1.47. The lowest BCUT2D eigenvalue weighted by molar-refractivity contribution is 0.0374. The Morgan fingerprint density at radius 3 is 3.04 bits per heavy atom. The fourth-order valence-corrected chi connectivity index (χ4v) is 2.40. The summed E-state index contributed by atoms with van der Waals surface area (Å²) in [7, 11) is 0. The van der Waals surface area contributed by atoms with Crippen LogP contribution in [0.4, 0.5) is 0 Å². The van der Waals surface area contributed by atoms with Gasteiger partial charge in [-0.15, -0.1) is 10.2 Å². The number of hydrogen-bond donors (Lipinski definition) is 2. The third-order valence-electron chi connectivity index (χ3n) is 3.64. The number of aromatic nitrogens is 5. The number of aromatic amines is 1. The van der Waals surface area contributed by atoms with Crippen LogP contribution in [-0.2, 0) is 4.74 Å². The average molecular weight is 317 g/mol. The molecule has 0 radical (unpaired) electrons. The van der Waals surface area contributed by atoms with Crippen molar-refractivity contribution in [2.24, 2.45) is 0 Å². The minimum Gasteiger partial charge on any atom is -0.379 e. The lowest BCUT2D eigenvalue weighted by Gasteiger charge is -2.26. The van der Waals surface area contributed by atoms with E-state index in [1.807, 2.05) is 0 Å². The third-order valence-corrected chi connectivity index (χ3v) is 3.64. The Hall–Kier alpha value is -2.39. The second kappa shape index (κ2) is 7.75. The second-order valence-corrected chi connectivity index (χ2v) is 5.23. The molecule has 0 unspecified atom stereocenters. The molecule has 0 aromatic carbocycles. The number of nitrogens with one attached hydrogen (secondary N) is 2. The maximum Gasteiger partial charge on any atom is 0.269 e. The zero-order valence-electron chi connectivity index (χ0n) is 12.7. The van der Waals surface area contributed by atoms with Crippen LogP contribution in [0.5, 0.6) is 0 Å². The van der Waals surface area contributed by atoms with Crippen LogP contribution in [-0.4, -0.2) is 75.8 Å². The highest BCUT2D eigenvalue weighted by Crippen LogP contribution is 2.12. The molecule has 23 heavy (non-hydrogen) atoms. The smallest absolute Gasteiger partial charge is 0.269 e. The van der Waals surface area contributed by atoms with E-state index >= 15 is 0 Å². The van der Waals surface area contributed by atoms with Crippen LogP contribution in [0.1, 0.15) is 16.9 Å². The van der Waals surface area contributed by atoms with Crippen LogP contribution >= 0.6 is 0 Å². The molecule has 9 heteroatoms. The number of amides is 1. The van der Waals surface area contributed by atoms with Crippen molar-refractivity contribution in [2.75, 3.05) is 39.4 Å². The van der Waals surface area contributed by atoms with Gasteiger partial charge in [-0.05, 0) is 30.3 Å². The Kier molecular flexibility index (Phi) is 5.22. The summed E-state index contributed by atoms with van der Waals surface area (Å²) >= 11 is 0. The van der Waals surface area contributed by atoms with Crippen LogP contribution in [0.2, 0.25) is 0 Å². The van der Waals surface area contributed by atoms with Crippen molar-refractivity contribution in [3.63, 3.8) is 0 Å². The molecule has 2 N–H and O–H groups in total. The first-order valence-electron chi connectivity index (χ1n) is 7.61. The van der Waals surface area contributed by atoms with Gasteiger partial charge in [0.1, 0.15) is 5.69 Å². The van der Waals surface area contributed by atoms with Crippen molar-refractivity contribution in [3.05, 3.63) is 24.0 Å². The number of pyridine rings is 1. The maximum atomic E-state index is 12.1. The van der Waals surface area contributed by atoms with Crippen LogP contribution < -0.4 is 5.32 Å². The number of tetrazole rings is 1. The first kappa shape index (κ1) is 15.5. The zero-order valence-corrected chi connectivity index (χ0v) is 12.7. The molecular formula is C14H19N7O2. The predicted molar refractivity (Wildman–Crippen MR) is 81.6 cm³/mol. The lowest BCUT2D eigenvalue weighted by atomic mass is 10.2. The van der Waals surface area contributed by atoms with Gasteiger partial charge in [-0.2, -0.15) is 5.21 Å². The van der Waals surface area contributed by atoms with Crippen molar-refractivity contribution in [1.29, 1.82) is 0 Å². The summed E-state index contributed by atoms with van der Waals surface area (Å²) in [5.41, 5.74) is 1.05. The van der Waals surface area contributed by atoms with Crippen molar-refractivity contribution < 1.29 is 9.53 Å². The van der Waals surface area contributed by atoms with Crippen molar-refractivity contribution in [3.8, 4) is 11.4 Å². The average Bonchev–Trinajstić information content (AvgIpc) is 3.14. The number of morpholine rings is 1. The Labute approximate surface area is 133 Å². The first-order chi connectivity index (χ1) is 11.3.